The second kappa shape index (κ2) is 26.5. The van der Waals surface area contributed by atoms with E-state index in [9.17, 15) is 33.5 Å². The molecule has 9 saturated carbocycles. The number of Topliss-reactive ketones (excluding diaryl/α,β-unsaturated/α-hetero) is 4. The molecule has 9 fully saturated rings. The van der Waals surface area contributed by atoms with Gasteiger partial charge in [-0.25, -0.2) is 0 Å². The molecule has 0 saturated heterocycles. The molecule has 0 amide bonds. The predicted molar refractivity (Wildman–Crippen MR) is 304 cm³/mol. The van der Waals surface area contributed by atoms with Gasteiger partial charge in [0.15, 0.2) is 0 Å². The normalized spacial score (nSPS) is 41.3. The van der Waals surface area contributed by atoms with Crippen LogP contribution in [0.5, 0.6) is 0 Å². The summed E-state index contributed by atoms with van der Waals surface area (Å²) < 4.78 is 32.7. The fourth-order valence-electron chi connectivity index (χ4n) is 18.2. The van der Waals surface area contributed by atoms with E-state index < -0.39 is 19.4 Å². The van der Waals surface area contributed by atoms with Crippen LogP contribution in [0.25, 0.3) is 0 Å². The summed E-state index contributed by atoms with van der Waals surface area (Å²) in [6.45, 7) is 13.9. The highest BCUT2D eigenvalue weighted by Gasteiger charge is 2.47. The largest absolute Gasteiger partial charge is 0.375 e. The smallest absolute Gasteiger partial charge is 0.331 e. The van der Waals surface area contributed by atoms with Crippen molar-refractivity contribution in [1.29, 1.82) is 0 Å². The Labute approximate surface area is 466 Å². The summed E-state index contributed by atoms with van der Waals surface area (Å²) in [5, 5.41) is 0. The molecule has 9 rings (SSSR count). The number of rotatable bonds is 17. The molecule has 10 nitrogen and oxygen atoms in total. The molecule has 0 spiro atoms. The van der Waals surface area contributed by atoms with Gasteiger partial charge in [0.25, 0.3) is 0 Å². The van der Waals surface area contributed by atoms with Crippen LogP contribution in [-0.4, -0.2) is 75.2 Å². The molecule has 9 aliphatic carbocycles. The molecule has 2 N–H and O–H groups in total. The molecule has 0 radical (unpaired) electrons. The molecule has 77 heavy (non-hydrogen) atoms. The molecule has 0 aromatic heterocycles. The molecule has 438 valence electrons. The SMILES string of the molecule is CC1CCC(C(=O)C2CCCC(C(=O)C3CCC(OC4CCC(C(C)(C)C5CCC(OC6CCC(C(=O)C7CCCC(C(=O)C8CCC(OC9CCC(C(C)(C)C)CC9P(=O)(O)O)CC8)C7)CC6)CC5)CC4)CC3)C2)CC1. The molecule has 0 bridgehead atoms. The van der Waals surface area contributed by atoms with E-state index >= 15 is 0 Å². The molecule has 0 aliphatic heterocycles. The van der Waals surface area contributed by atoms with Crippen molar-refractivity contribution in [1.82, 2.24) is 0 Å². The average Bonchev–Trinajstić information content (AvgIpc) is 3.44. The minimum Gasteiger partial charge on any atom is -0.375 e. The minimum absolute atomic E-state index is 0.00162. The van der Waals surface area contributed by atoms with Gasteiger partial charge < -0.3 is 24.0 Å². The van der Waals surface area contributed by atoms with Crippen LogP contribution in [0.1, 0.15) is 266 Å². The number of carbonyl (C=O) groups excluding carboxylic acids is 4. The number of ether oxygens (including phenoxy) is 3. The Morgan fingerprint density at radius 1 is 0.364 bits per heavy atom. The van der Waals surface area contributed by atoms with Crippen molar-refractivity contribution in [2.24, 2.45) is 81.8 Å². The van der Waals surface area contributed by atoms with Gasteiger partial charge >= 0.3 is 7.60 Å². The second-order valence-electron chi connectivity index (χ2n) is 29.9. The first-order chi connectivity index (χ1) is 36.7. The van der Waals surface area contributed by atoms with Crippen molar-refractivity contribution < 1.29 is 47.7 Å². The van der Waals surface area contributed by atoms with Gasteiger partial charge in [0.1, 0.15) is 23.1 Å². The molecule has 11 heteroatoms. The zero-order valence-electron chi connectivity index (χ0n) is 49.3. The second-order valence-corrected chi connectivity index (χ2v) is 31.7. The topological polar surface area (TPSA) is 154 Å². The highest BCUT2D eigenvalue weighted by molar-refractivity contribution is 7.52. The third-order valence-electron chi connectivity index (χ3n) is 23.6. The molecule has 0 aromatic rings. The zero-order valence-corrected chi connectivity index (χ0v) is 50.2. The van der Waals surface area contributed by atoms with Gasteiger partial charge in [-0.3, -0.25) is 23.7 Å². The van der Waals surface area contributed by atoms with Crippen LogP contribution in [0.2, 0.25) is 0 Å². The van der Waals surface area contributed by atoms with Gasteiger partial charge in [0, 0.05) is 47.3 Å². The van der Waals surface area contributed by atoms with Crippen LogP contribution in [0.4, 0.5) is 0 Å². The average molecular weight is 1090 g/mol. The van der Waals surface area contributed by atoms with Crippen LogP contribution in [0.15, 0.2) is 0 Å². The summed E-state index contributed by atoms with van der Waals surface area (Å²) in [7, 11) is -4.30. The van der Waals surface area contributed by atoms with Gasteiger partial charge in [-0.15, -0.1) is 0 Å². The van der Waals surface area contributed by atoms with Crippen LogP contribution in [0, 0.1) is 81.8 Å². The molecule has 9 aliphatic rings. The van der Waals surface area contributed by atoms with Gasteiger partial charge in [0.05, 0.1) is 42.3 Å². The van der Waals surface area contributed by atoms with Crippen LogP contribution in [0.3, 0.4) is 0 Å². The van der Waals surface area contributed by atoms with E-state index in [1.54, 1.807) is 0 Å². The Bertz CT molecular complexity index is 1970. The fraction of sp³-hybridized carbons (Fsp3) is 0.939. The highest BCUT2D eigenvalue weighted by atomic mass is 31.2. The van der Waals surface area contributed by atoms with E-state index in [-0.39, 0.29) is 77.0 Å². The molecule has 0 aromatic carbocycles. The van der Waals surface area contributed by atoms with Gasteiger partial charge in [0.2, 0.25) is 0 Å². The Hall–Kier alpha value is -1.29. The summed E-state index contributed by atoms with van der Waals surface area (Å²) >= 11 is 0. The van der Waals surface area contributed by atoms with E-state index in [0.29, 0.717) is 65.9 Å². The van der Waals surface area contributed by atoms with Gasteiger partial charge in [-0.2, -0.15) is 0 Å². The van der Waals surface area contributed by atoms with Crippen molar-refractivity contribution in [3.8, 4) is 0 Å². The lowest BCUT2D eigenvalue weighted by Crippen LogP contribution is -2.42. The summed E-state index contributed by atoms with van der Waals surface area (Å²) in [5.74, 6) is 4.80. The summed E-state index contributed by atoms with van der Waals surface area (Å²) in [5.41, 5.74) is -0.459. The Morgan fingerprint density at radius 3 is 0.987 bits per heavy atom. The van der Waals surface area contributed by atoms with Gasteiger partial charge in [-0.05, 0) is 234 Å². The third kappa shape index (κ3) is 15.5. The van der Waals surface area contributed by atoms with Crippen molar-refractivity contribution in [3.63, 3.8) is 0 Å². The van der Waals surface area contributed by atoms with Crippen molar-refractivity contribution >= 4 is 30.7 Å². The molecule has 7 atom stereocenters. The lowest BCUT2D eigenvalue weighted by molar-refractivity contribution is -0.136. The summed E-state index contributed by atoms with van der Waals surface area (Å²) in [6.07, 6.45) is 34.7. The Morgan fingerprint density at radius 2 is 0.662 bits per heavy atom. The first kappa shape index (κ1) is 60.3. The third-order valence-corrected chi connectivity index (χ3v) is 25.0. The molecular formula is C66H109O10P. The van der Waals surface area contributed by atoms with Crippen molar-refractivity contribution in [2.75, 3.05) is 0 Å². The summed E-state index contributed by atoms with van der Waals surface area (Å²) in [4.78, 5) is 75.9. The number of carbonyl (C=O) groups is 4. The highest BCUT2D eigenvalue weighted by Crippen LogP contribution is 2.54. The van der Waals surface area contributed by atoms with Crippen molar-refractivity contribution in [3.05, 3.63) is 0 Å². The first-order valence-electron chi connectivity index (χ1n) is 32.9. The number of ketones is 4. The number of hydrogen-bond donors (Lipinski definition) is 2. The molecular weight excluding hydrogens is 984 g/mol. The lowest BCUT2D eigenvalue weighted by atomic mass is 9.60. The van der Waals surface area contributed by atoms with Crippen molar-refractivity contribution in [2.45, 2.75) is 309 Å². The Kier molecular flexibility index (Phi) is 20.8. The minimum atomic E-state index is -4.30. The maximum Gasteiger partial charge on any atom is 0.331 e. The van der Waals surface area contributed by atoms with E-state index in [0.717, 1.165) is 179 Å². The fourth-order valence-corrected chi connectivity index (χ4v) is 19.4. The lowest BCUT2D eigenvalue weighted by Gasteiger charge is -2.47. The van der Waals surface area contributed by atoms with E-state index in [2.05, 4.69) is 41.5 Å². The molecule has 7 unspecified atom stereocenters. The first-order valence-corrected chi connectivity index (χ1v) is 34.5. The van der Waals surface area contributed by atoms with E-state index in [1.807, 2.05) is 0 Å². The standard InChI is InChI=1S/C66H109O10P/c1-42-13-15-43(16-14-42)61(67)47-9-7-10-48(39-47)62(68)44-17-28-54(29-18-44)74-56-34-23-51(24-35-56)66(5,6)52-25-36-57(37-26-52)75-55-30-19-45(20-31-55)63(69)49-11-8-12-50(40-49)64(70)46-21-32-58(33-22-46)76-59-38-27-53(65(2,3)4)41-60(59)77(71,72)73/h42-60H,7-41H2,1-6H3,(H2,71,72,73). The monoisotopic (exact) mass is 1090 g/mol. The maximum atomic E-state index is 14.1. The van der Waals surface area contributed by atoms with E-state index in [1.165, 1.54) is 38.5 Å². The summed E-state index contributed by atoms with van der Waals surface area (Å²) in [6, 6.07) is 0. The number of hydrogen-bond acceptors (Lipinski definition) is 8. The predicted octanol–water partition coefficient (Wildman–Crippen LogP) is 15.3. The quantitative estimate of drug-likeness (QED) is 0.135. The Balaban J connectivity index is 0.629. The van der Waals surface area contributed by atoms with Gasteiger partial charge in [-0.1, -0.05) is 67.2 Å². The van der Waals surface area contributed by atoms with E-state index in [4.69, 9.17) is 14.2 Å². The maximum absolute atomic E-state index is 14.1. The molecule has 0 heterocycles. The zero-order chi connectivity index (χ0) is 54.6. The van der Waals surface area contributed by atoms with Crippen LogP contribution in [-0.2, 0) is 38.0 Å². The van der Waals surface area contributed by atoms with Crippen LogP contribution >= 0.6 is 7.60 Å². The van der Waals surface area contributed by atoms with Crippen LogP contribution < -0.4 is 0 Å².